The van der Waals surface area contributed by atoms with E-state index in [4.69, 9.17) is 4.74 Å². The Kier molecular flexibility index (Phi) is 6.50. The Morgan fingerprint density at radius 2 is 1.74 bits per heavy atom. The molecule has 0 spiro atoms. The first kappa shape index (κ1) is 23.2. The molecule has 34 heavy (non-hydrogen) atoms. The molecule has 0 aliphatic carbocycles. The molecule has 1 atom stereocenters. The number of aryl methyl sites for hydroxylation is 3. The van der Waals surface area contributed by atoms with Crippen LogP contribution in [0.2, 0.25) is 0 Å². The summed E-state index contributed by atoms with van der Waals surface area (Å²) in [6.45, 7) is 8.39. The van der Waals surface area contributed by atoms with Crippen molar-refractivity contribution in [2.75, 3.05) is 11.5 Å². The van der Waals surface area contributed by atoms with E-state index in [2.05, 4.69) is 4.98 Å². The van der Waals surface area contributed by atoms with E-state index < -0.39 is 17.7 Å². The molecule has 174 valence electrons. The Hall–Kier alpha value is -3.93. The monoisotopic (exact) mass is 456 g/mol. The van der Waals surface area contributed by atoms with E-state index in [1.165, 1.54) is 4.90 Å². The van der Waals surface area contributed by atoms with Gasteiger partial charge in [-0.1, -0.05) is 24.6 Å². The van der Waals surface area contributed by atoms with Crippen molar-refractivity contribution in [1.82, 2.24) is 4.98 Å². The van der Waals surface area contributed by atoms with E-state index in [1.54, 1.807) is 42.7 Å². The van der Waals surface area contributed by atoms with Crippen LogP contribution in [-0.4, -0.2) is 28.4 Å². The Labute approximate surface area is 199 Å². The van der Waals surface area contributed by atoms with Crippen molar-refractivity contribution in [2.24, 2.45) is 0 Å². The van der Waals surface area contributed by atoms with Gasteiger partial charge in [-0.15, -0.1) is 0 Å². The average Bonchev–Trinajstić information content (AvgIpc) is 3.09. The molecule has 6 heteroatoms. The number of hydrogen-bond donors (Lipinski definition) is 1. The molecule has 6 nitrogen and oxygen atoms in total. The minimum atomic E-state index is -0.777. The van der Waals surface area contributed by atoms with Gasteiger partial charge in [-0.05, 0) is 80.3 Å². The second-order valence-electron chi connectivity index (χ2n) is 8.57. The number of pyridine rings is 1. The topological polar surface area (TPSA) is 79.7 Å². The van der Waals surface area contributed by atoms with Gasteiger partial charge in [0.25, 0.3) is 11.7 Å². The number of amides is 1. The lowest BCUT2D eigenvalue weighted by atomic mass is 9.95. The highest BCUT2D eigenvalue weighted by Gasteiger charge is 2.47. The lowest BCUT2D eigenvalue weighted by Gasteiger charge is -2.27. The Morgan fingerprint density at radius 1 is 1.00 bits per heavy atom. The number of rotatable bonds is 6. The fraction of sp³-hybridized carbons (Fsp3) is 0.250. The van der Waals surface area contributed by atoms with E-state index in [0.717, 1.165) is 28.9 Å². The lowest BCUT2D eigenvalue weighted by Crippen LogP contribution is -2.30. The smallest absolute Gasteiger partial charge is 0.300 e. The number of benzene rings is 2. The molecule has 2 aromatic carbocycles. The van der Waals surface area contributed by atoms with Crippen LogP contribution in [0.3, 0.4) is 0 Å². The van der Waals surface area contributed by atoms with E-state index in [9.17, 15) is 14.7 Å². The summed E-state index contributed by atoms with van der Waals surface area (Å²) >= 11 is 0. The normalized spacial score (nSPS) is 17.3. The summed E-state index contributed by atoms with van der Waals surface area (Å²) in [7, 11) is 0. The van der Waals surface area contributed by atoms with Crippen LogP contribution in [0.5, 0.6) is 5.75 Å². The van der Waals surface area contributed by atoms with Crippen LogP contribution >= 0.6 is 0 Å². The highest BCUT2D eigenvalue weighted by Crippen LogP contribution is 2.43. The minimum Gasteiger partial charge on any atom is -0.507 e. The fourth-order valence-corrected chi connectivity index (χ4v) is 4.34. The van der Waals surface area contributed by atoms with Gasteiger partial charge in [-0.3, -0.25) is 19.5 Å². The van der Waals surface area contributed by atoms with Crippen LogP contribution in [0.25, 0.3) is 5.76 Å². The first-order valence-electron chi connectivity index (χ1n) is 11.4. The van der Waals surface area contributed by atoms with Gasteiger partial charge in [-0.2, -0.15) is 0 Å². The summed E-state index contributed by atoms with van der Waals surface area (Å²) in [6, 6.07) is 13.7. The van der Waals surface area contributed by atoms with Crippen LogP contribution < -0.4 is 9.64 Å². The van der Waals surface area contributed by atoms with Crippen LogP contribution in [0, 0.1) is 20.8 Å². The zero-order chi connectivity index (χ0) is 24.4. The second kappa shape index (κ2) is 9.51. The molecule has 0 radical (unpaired) electrons. The van der Waals surface area contributed by atoms with Gasteiger partial charge in [0, 0.05) is 23.6 Å². The predicted octanol–water partition coefficient (Wildman–Crippen LogP) is 5.42. The first-order chi connectivity index (χ1) is 16.3. The molecule has 1 unspecified atom stereocenters. The van der Waals surface area contributed by atoms with Gasteiger partial charge >= 0.3 is 0 Å². The number of hydrogen-bond acceptors (Lipinski definition) is 5. The van der Waals surface area contributed by atoms with Crippen molar-refractivity contribution < 1.29 is 19.4 Å². The van der Waals surface area contributed by atoms with Crippen LogP contribution in [0.1, 0.15) is 47.2 Å². The average molecular weight is 457 g/mol. The molecule has 1 fully saturated rings. The molecule has 1 amide bonds. The molecule has 0 bridgehead atoms. The van der Waals surface area contributed by atoms with Crippen LogP contribution in [0.4, 0.5) is 5.69 Å². The summed E-state index contributed by atoms with van der Waals surface area (Å²) in [5.74, 6) is -0.879. The molecule has 4 rings (SSSR count). The maximum Gasteiger partial charge on any atom is 0.300 e. The van der Waals surface area contributed by atoms with Gasteiger partial charge in [0.1, 0.15) is 11.5 Å². The SMILES string of the molecule is CCCOc1ccc(/C(O)=C2\C(=O)C(=O)N(c3ccc(C)cc3C)C2c2ccncc2)cc1C. The molecule has 1 saturated heterocycles. The number of carbonyl (C=O) groups is 2. The molecule has 1 aliphatic rings. The number of aliphatic hydroxyl groups excluding tert-OH is 1. The summed E-state index contributed by atoms with van der Waals surface area (Å²) in [4.78, 5) is 32.2. The summed E-state index contributed by atoms with van der Waals surface area (Å²) in [5, 5.41) is 11.3. The van der Waals surface area contributed by atoms with E-state index in [-0.39, 0.29) is 11.3 Å². The Morgan fingerprint density at radius 3 is 2.38 bits per heavy atom. The fourth-order valence-electron chi connectivity index (χ4n) is 4.34. The van der Waals surface area contributed by atoms with Gasteiger partial charge in [-0.25, -0.2) is 0 Å². The zero-order valence-electron chi connectivity index (χ0n) is 19.8. The molecule has 0 saturated carbocycles. The lowest BCUT2D eigenvalue weighted by molar-refractivity contribution is -0.132. The number of aliphatic hydroxyl groups is 1. The van der Waals surface area contributed by atoms with Crippen molar-refractivity contribution in [3.05, 3.63) is 94.3 Å². The minimum absolute atomic E-state index is 0.0535. The molecule has 1 aliphatic heterocycles. The number of carbonyl (C=O) groups excluding carboxylic acids is 2. The molecule has 1 N–H and O–H groups in total. The maximum absolute atomic E-state index is 13.3. The number of ether oxygens (including phenoxy) is 1. The number of aromatic nitrogens is 1. The van der Waals surface area contributed by atoms with E-state index in [0.29, 0.717) is 23.4 Å². The van der Waals surface area contributed by atoms with E-state index in [1.807, 2.05) is 45.9 Å². The third kappa shape index (κ3) is 4.19. The second-order valence-corrected chi connectivity index (χ2v) is 8.57. The van der Waals surface area contributed by atoms with Crippen LogP contribution in [-0.2, 0) is 9.59 Å². The Balaban J connectivity index is 1.88. The first-order valence-corrected chi connectivity index (χ1v) is 11.4. The maximum atomic E-state index is 13.3. The quantitative estimate of drug-likeness (QED) is 0.304. The number of nitrogens with zero attached hydrogens (tertiary/aromatic N) is 2. The highest BCUT2D eigenvalue weighted by molar-refractivity contribution is 6.51. The number of Topliss-reactive ketones (excluding diaryl/α,β-unsaturated/α-hetero) is 1. The summed E-state index contributed by atoms with van der Waals surface area (Å²) in [6.07, 6.45) is 4.11. The Bertz CT molecular complexity index is 1280. The molecule has 2 heterocycles. The van der Waals surface area contributed by atoms with E-state index >= 15 is 0 Å². The third-order valence-corrected chi connectivity index (χ3v) is 5.99. The van der Waals surface area contributed by atoms with Gasteiger partial charge in [0.15, 0.2) is 0 Å². The highest BCUT2D eigenvalue weighted by atomic mass is 16.5. The molecular weight excluding hydrogens is 428 g/mol. The molecular formula is C28H28N2O4. The summed E-state index contributed by atoms with van der Waals surface area (Å²) in [5.41, 5.74) is 4.59. The van der Waals surface area contributed by atoms with Crippen molar-refractivity contribution in [3.63, 3.8) is 0 Å². The molecule has 3 aromatic rings. The van der Waals surface area contributed by atoms with Crippen molar-refractivity contribution >= 4 is 23.1 Å². The zero-order valence-corrected chi connectivity index (χ0v) is 19.8. The molecule has 1 aromatic heterocycles. The standard InChI is InChI=1S/C28H28N2O4/c1-5-14-34-23-9-7-21(16-19(23)4)26(31)24-25(20-10-12-29-13-11-20)30(28(33)27(24)32)22-8-6-17(2)15-18(22)3/h6-13,15-16,25,31H,5,14H2,1-4H3/b26-24+. The predicted molar refractivity (Wildman–Crippen MR) is 132 cm³/mol. The number of ketones is 1. The van der Waals surface area contributed by atoms with Crippen LogP contribution in [0.15, 0.2) is 66.5 Å². The van der Waals surface area contributed by atoms with Crippen molar-refractivity contribution in [2.45, 2.75) is 40.2 Å². The number of anilines is 1. The largest absolute Gasteiger partial charge is 0.507 e. The van der Waals surface area contributed by atoms with Gasteiger partial charge < -0.3 is 9.84 Å². The van der Waals surface area contributed by atoms with Gasteiger partial charge in [0.05, 0.1) is 18.2 Å². The van der Waals surface area contributed by atoms with Crippen molar-refractivity contribution in [3.8, 4) is 5.75 Å². The third-order valence-electron chi connectivity index (χ3n) is 5.99. The summed E-state index contributed by atoms with van der Waals surface area (Å²) < 4.78 is 5.74. The van der Waals surface area contributed by atoms with Crippen molar-refractivity contribution in [1.29, 1.82) is 0 Å². The van der Waals surface area contributed by atoms with Gasteiger partial charge in [0.2, 0.25) is 0 Å².